The Bertz CT molecular complexity index is 1170. The summed E-state index contributed by atoms with van der Waals surface area (Å²) in [7, 11) is 0. The van der Waals surface area contributed by atoms with E-state index in [4.69, 9.17) is 0 Å². The normalized spacial score (nSPS) is 12.0. The van der Waals surface area contributed by atoms with Crippen molar-refractivity contribution >= 4 is 32.7 Å². The third-order valence-electron chi connectivity index (χ3n) is 4.83. The quantitative estimate of drug-likeness (QED) is 0.431. The van der Waals surface area contributed by atoms with Gasteiger partial charge >= 0.3 is 6.03 Å². The number of fused-ring (bicyclic) bond motifs is 1. The number of carbonyl (C=O) groups is 1. The van der Waals surface area contributed by atoms with Gasteiger partial charge in [-0.2, -0.15) is 0 Å². The fourth-order valence-corrected chi connectivity index (χ4v) is 4.26. The van der Waals surface area contributed by atoms with Crippen LogP contribution in [0.1, 0.15) is 29.7 Å². The lowest BCUT2D eigenvalue weighted by molar-refractivity contribution is 0.220. The number of nitrogens with one attached hydrogen (secondary N) is 2. The zero-order valence-corrected chi connectivity index (χ0v) is 17.5. The zero-order valence-electron chi connectivity index (χ0n) is 16.7. The molecule has 0 fully saturated rings. The monoisotopic (exact) mass is 418 g/mol. The summed E-state index contributed by atoms with van der Waals surface area (Å²) in [5, 5.41) is 16.6. The van der Waals surface area contributed by atoms with Crippen molar-refractivity contribution in [2.45, 2.75) is 20.0 Å². The van der Waals surface area contributed by atoms with Gasteiger partial charge in [0, 0.05) is 24.5 Å². The van der Waals surface area contributed by atoms with Crippen molar-refractivity contribution in [1.29, 1.82) is 0 Å². The fourth-order valence-electron chi connectivity index (χ4n) is 3.32. The summed E-state index contributed by atoms with van der Waals surface area (Å²) >= 11 is 1.45. The largest absolute Gasteiger partial charge is 0.384 e. The molecular formula is C23H22N4O2S. The van der Waals surface area contributed by atoms with Gasteiger partial charge in [0.1, 0.15) is 6.10 Å². The molecule has 0 spiro atoms. The Morgan fingerprint density at radius 3 is 2.67 bits per heavy atom. The van der Waals surface area contributed by atoms with Crippen LogP contribution in [0.4, 0.5) is 9.93 Å². The maximum absolute atomic E-state index is 11.8. The van der Waals surface area contributed by atoms with E-state index in [0.29, 0.717) is 11.7 Å². The molecule has 152 valence electrons. The predicted molar refractivity (Wildman–Crippen MR) is 121 cm³/mol. The molecule has 4 aromatic rings. The average Bonchev–Trinajstić information content (AvgIpc) is 3.14. The highest BCUT2D eigenvalue weighted by Gasteiger charge is 2.13. The van der Waals surface area contributed by atoms with E-state index in [-0.39, 0.29) is 6.03 Å². The number of thiazole rings is 1. The minimum atomic E-state index is -0.710. The van der Waals surface area contributed by atoms with Crippen molar-refractivity contribution in [3.63, 3.8) is 0 Å². The number of pyridine rings is 1. The van der Waals surface area contributed by atoms with Crippen molar-refractivity contribution < 1.29 is 9.90 Å². The molecule has 1 unspecified atom stereocenters. The van der Waals surface area contributed by atoms with Gasteiger partial charge in [0.05, 0.1) is 10.2 Å². The number of aromatic nitrogens is 2. The molecule has 0 radical (unpaired) electrons. The van der Waals surface area contributed by atoms with E-state index in [1.165, 1.54) is 11.3 Å². The number of hydrogen-bond donors (Lipinski definition) is 3. The van der Waals surface area contributed by atoms with Gasteiger partial charge in [-0.1, -0.05) is 41.7 Å². The average molecular weight is 419 g/mol. The van der Waals surface area contributed by atoms with E-state index in [1.54, 1.807) is 12.4 Å². The molecule has 2 aromatic heterocycles. The van der Waals surface area contributed by atoms with Crippen molar-refractivity contribution in [2.24, 2.45) is 0 Å². The molecule has 7 heteroatoms. The lowest BCUT2D eigenvalue weighted by Gasteiger charge is -2.12. The minimum Gasteiger partial charge on any atom is -0.384 e. The summed E-state index contributed by atoms with van der Waals surface area (Å²) in [6.07, 6.45) is 2.65. The highest BCUT2D eigenvalue weighted by Crippen LogP contribution is 2.33. The third kappa shape index (κ3) is 4.17. The van der Waals surface area contributed by atoms with Gasteiger partial charge in [-0.05, 0) is 54.3 Å². The third-order valence-corrected chi connectivity index (χ3v) is 5.76. The molecule has 4 rings (SSSR count). The summed E-state index contributed by atoms with van der Waals surface area (Å²) in [4.78, 5) is 20.4. The molecule has 0 bridgehead atoms. The number of amides is 2. The molecule has 1 atom stereocenters. The number of anilines is 1. The Hall–Kier alpha value is -3.29. The first-order valence-electron chi connectivity index (χ1n) is 9.69. The number of nitrogens with zero attached hydrogens (tertiary/aromatic N) is 2. The van der Waals surface area contributed by atoms with Crippen LogP contribution in [0.3, 0.4) is 0 Å². The molecule has 0 saturated carbocycles. The molecule has 30 heavy (non-hydrogen) atoms. The summed E-state index contributed by atoms with van der Waals surface area (Å²) in [5.41, 5.74) is 5.65. The lowest BCUT2D eigenvalue weighted by atomic mass is 9.96. The Kier molecular flexibility index (Phi) is 5.74. The Morgan fingerprint density at radius 1 is 1.17 bits per heavy atom. The Balaban J connectivity index is 1.61. The summed E-state index contributed by atoms with van der Waals surface area (Å²) in [5.74, 6) is 0. The number of aliphatic hydroxyl groups excluding tert-OH is 1. The van der Waals surface area contributed by atoms with Gasteiger partial charge in [-0.25, -0.2) is 9.78 Å². The maximum Gasteiger partial charge on any atom is 0.321 e. The van der Waals surface area contributed by atoms with Crippen LogP contribution in [0.5, 0.6) is 0 Å². The molecule has 0 aliphatic carbocycles. The highest BCUT2D eigenvalue weighted by atomic mass is 32.1. The molecule has 3 N–H and O–H groups in total. The predicted octanol–water partition coefficient (Wildman–Crippen LogP) is 4.89. The van der Waals surface area contributed by atoms with Gasteiger partial charge in [-0.3, -0.25) is 10.3 Å². The Morgan fingerprint density at radius 2 is 1.97 bits per heavy atom. The number of urea groups is 1. The van der Waals surface area contributed by atoms with E-state index < -0.39 is 6.10 Å². The summed E-state index contributed by atoms with van der Waals surface area (Å²) in [6, 6.07) is 15.4. The molecule has 0 aliphatic rings. The van der Waals surface area contributed by atoms with Gasteiger partial charge < -0.3 is 10.4 Å². The summed E-state index contributed by atoms with van der Waals surface area (Å²) < 4.78 is 1.02. The lowest BCUT2D eigenvalue weighted by Crippen LogP contribution is -2.28. The van der Waals surface area contributed by atoms with E-state index in [2.05, 4.69) is 33.6 Å². The van der Waals surface area contributed by atoms with E-state index in [0.717, 1.165) is 38.0 Å². The second-order valence-corrected chi connectivity index (χ2v) is 7.98. The van der Waals surface area contributed by atoms with E-state index in [9.17, 15) is 9.90 Å². The van der Waals surface area contributed by atoms with Gasteiger partial charge in [0.15, 0.2) is 5.13 Å². The van der Waals surface area contributed by atoms with Crippen LogP contribution >= 0.6 is 11.3 Å². The molecule has 2 heterocycles. The molecule has 0 saturated heterocycles. The first kappa shape index (κ1) is 20.0. The van der Waals surface area contributed by atoms with Crippen LogP contribution in [0.15, 0.2) is 60.9 Å². The van der Waals surface area contributed by atoms with Gasteiger partial charge in [0.2, 0.25) is 0 Å². The van der Waals surface area contributed by atoms with Crippen LogP contribution < -0.4 is 10.6 Å². The van der Waals surface area contributed by atoms with E-state index >= 15 is 0 Å². The van der Waals surface area contributed by atoms with Crippen LogP contribution in [-0.4, -0.2) is 27.7 Å². The molecule has 6 nitrogen and oxygen atoms in total. The van der Waals surface area contributed by atoms with Crippen molar-refractivity contribution in [1.82, 2.24) is 15.3 Å². The van der Waals surface area contributed by atoms with Crippen LogP contribution in [0.2, 0.25) is 0 Å². The van der Waals surface area contributed by atoms with Crippen LogP contribution in [-0.2, 0) is 0 Å². The van der Waals surface area contributed by atoms with Crippen molar-refractivity contribution in [3.05, 3.63) is 77.6 Å². The van der Waals surface area contributed by atoms with E-state index in [1.807, 2.05) is 49.4 Å². The number of aryl methyl sites for hydroxylation is 1. The highest BCUT2D eigenvalue weighted by molar-refractivity contribution is 7.22. The minimum absolute atomic E-state index is 0.253. The first-order valence-corrected chi connectivity index (χ1v) is 10.5. The maximum atomic E-state index is 11.8. The Labute approximate surface area is 178 Å². The van der Waals surface area contributed by atoms with Crippen LogP contribution in [0.25, 0.3) is 21.3 Å². The SMILES string of the molecule is CCNC(=O)Nc1nc2cc(-c3ccc(C(O)c4cccnc4)cc3)c(C)cc2s1. The topological polar surface area (TPSA) is 87.1 Å². The van der Waals surface area contributed by atoms with Crippen molar-refractivity contribution in [2.75, 3.05) is 11.9 Å². The standard InChI is InChI=1S/C23H22N4O2S/c1-3-25-22(29)27-23-26-19-12-18(14(2)11-20(19)30-23)15-6-8-16(9-7-15)21(28)17-5-4-10-24-13-17/h4-13,21,28H,3H2,1-2H3,(H2,25,26,27,29). The number of aliphatic hydroxyl groups is 1. The summed E-state index contributed by atoms with van der Waals surface area (Å²) in [6.45, 7) is 4.49. The number of hydrogen-bond acceptors (Lipinski definition) is 5. The van der Waals surface area contributed by atoms with Gasteiger partial charge in [-0.15, -0.1) is 0 Å². The van der Waals surface area contributed by atoms with Crippen LogP contribution in [0, 0.1) is 6.92 Å². The first-order chi connectivity index (χ1) is 14.5. The molecule has 0 aliphatic heterocycles. The van der Waals surface area contributed by atoms with Crippen molar-refractivity contribution in [3.8, 4) is 11.1 Å². The second kappa shape index (κ2) is 8.61. The molecule has 2 amide bonds. The fraction of sp³-hybridized carbons (Fsp3) is 0.174. The zero-order chi connectivity index (χ0) is 21.1. The second-order valence-electron chi connectivity index (χ2n) is 6.95. The van der Waals surface area contributed by atoms with Gasteiger partial charge in [0.25, 0.3) is 0 Å². The molecule has 2 aromatic carbocycles. The number of rotatable bonds is 5. The number of carbonyl (C=O) groups excluding carboxylic acids is 1. The molecular weight excluding hydrogens is 396 g/mol. The number of benzene rings is 2. The smallest absolute Gasteiger partial charge is 0.321 e.